The van der Waals surface area contributed by atoms with Crippen LogP contribution in [0.3, 0.4) is 0 Å². The first-order valence-electron chi connectivity index (χ1n) is 10.3. The van der Waals surface area contributed by atoms with Crippen LogP contribution in [0.5, 0.6) is 0 Å². The van der Waals surface area contributed by atoms with Gasteiger partial charge in [-0.25, -0.2) is 0 Å². The summed E-state index contributed by atoms with van der Waals surface area (Å²) in [6.45, 7) is 0. The third-order valence-corrected chi connectivity index (χ3v) is 6.43. The Bertz CT molecular complexity index is 1430. The standard InChI is InChI=1S/C27H19BrN2O/c28-18-11-9-17(10-12-18)25-13-14-26(31-25)27(21-15-29-23-7-3-1-5-19(21)23)22-16-30-24-8-4-2-6-20(22)24/h1-16,27,29-30H. The van der Waals surface area contributed by atoms with Crippen LogP contribution in [0.4, 0.5) is 0 Å². The van der Waals surface area contributed by atoms with E-state index < -0.39 is 0 Å². The van der Waals surface area contributed by atoms with Crippen LogP contribution in [-0.2, 0) is 0 Å². The van der Waals surface area contributed by atoms with Gasteiger partial charge in [-0.15, -0.1) is 0 Å². The number of aromatic nitrogens is 2. The zero-order chi connectivity index (χ0) is 20.8. The molecular weight excluding hydrogens is 448 g/mol. The maximum absolute atomic E-state index is 6.47. The molecule has 0 spiro atoms. The van der Waals surface area contributed by atoms with E-state index in [-0.39, 0.29) is 5.92 Å². The quantitative estimate of drug-likeness (QED) is 0.272. The van der Waals surface area contributed by atoms with Crippen molar-refractivity contribution in [3.05, 3.63) is 119 Å². The monoisotopic (exact) mass is 466 g/mol. The first-order valence-corrected chi connectivity index (χ1v) is 11.0. The summed E-state index contributed by atoms with van der Waals surface area (Å²) >= 11 is 3.51. The van der Waals surface area contributed by atoms with Gasteiger partial charge in [-0.05, 0) is 47.5 Å². The van der Waals surface area contributed by atoms with Crippen molar-refractivity contribution in [2.45, 2.75) is 5.92 Å². The Hall–Kier alpha value is -3.50. The molecule has 31 heavy (non-hydrogen) atoms. The molecule has 0 aliphatic carbocycles. The Morgan fingerprint density at radius 2 is 1.23 bits per heavy atom. The first-order chi connectivity index (χ1) is 15.3. The molecule has 3 nitrogen and oxygen atoms in total. The van der Waals surface area contributed by atoms with Gasteiger partial charge in [-0.3, -0.25) is 0 Å². The van der Waals surface area contributed by atoms with Crippen molar-refractivity contribution in [2.24, 2.45) is 0 Å². The summed E-state index contributed by atoms with van der Waals surface area (Å²) in [5.41, 5.74) is 5.73. The number of rotatable bonds is 4. The zero-order valence-corrected chi connectivity index (χ0v) is 18.2. The number of halogens is 1. The molecular formula is C27H19BrN2O. The average Bonchev–Trinajstić information content (AvgIpc) is 3.55. The minimum Gasteiger partial charge on any atom is -0.460 e. The van der Waals surface area contributed by atoms with Crippen molar-refractivity contribution in [2.75, 3.05) is 0 Å². The fraction of sp³-hybridized carbons (Fsp3) is 0.0370. The van der Waals surface area contributed by atoms with Crippen LogP contribution < -0.4 is 0 Å². The van der Waals surface area contributed by atoms with Crippen molar-refractivity contribution in [1.82, 2.24) is 9.97 Å². The van der Waals surface area contributed by atoms with Crippen LogP contribution in [0.2, 0.25) is 0 Å². The molecule has 2 N–H and O–H groups in total. The minimum atomic E-state index is -0.0310. The van der Waals surface area contributed by atoms with Gasteiger partial charge >= 0.3 is 0 Å². The van der Waals surface area contributed by atoms with Gasteiger partial charge in [0.25, 0.3) is 0 Å². The third kappa shape index (κ3) is 3.11. The molecule has 0 radical (unpaired) electrons. The van der Waals surface area contributed by atoms with Gasteiger partial charge in [0.1, 0.15) is 11.5 Å². The second-order valence-corrected chi connectivity index (χ2v) is 8.64. The Balaban J connectivity index is 1.55. The molecule has 4 heteroatoms. The van der Waals surface area contributed by atoms with E-state index >= 15 is 0 Å². The normalized spacial score (nSPS) is 11.7. The van der Waals surface area contributed by atoms with E-state index in [9.17, 15) is 0 Å². The number of benzene rings is 3. The molecule has 3 aromatic carbocycles. The lowest BCUT2D eigenvalue weighted by Gasteiger charge is -2.14. The highest BCUT2D eigenvalue weighted by molar-refractivity contribution is 9.10. The Kier molecular flexibility index (Phi) is 4.32. The molecule has 0 aliphatic heterocycles. The smallest absolute Gasteiger partial charge is 0.134 e. The van der Waals surface area contributed by atoms with Gasteiger partial charge in [0.2, 0.25) is 0 Å². The zero-order valence-electron chi connectivity index (χ0n) is 16.6. The summed E-state index contributed by atoms with van der Waals surface area (Å²) in [4.78, 5) is 6.87. The van der Waals surface area contributed by atoms with Gasteiger partial charge in [0, 0.05) is 44.2 Å². The molecule has 3 aromatic heterocycles. The van der Waals surface area contributed by atoms with Crippen LogP contribution in [-0.4, -0.2) is 9.97 Å². The molecule has 6 rings (SSSR count). The Labute approximate surface area is 187 Å². The maximum Gasteiger partial charge on any atom is 0.134 e. The predicted octanol–water partition coefficient (Wildman–Crippen LogP) is 7.85. The molecule has 0 fully saturated rings. The van der Waals surface area contributed by atoms with Crippen LogP contribution in [0, 0.1) is 0 Å². The maximum atomic E-state index is 6.47. The molecule has 0 saturated heterocycles. The lowest BCUT2D eigenvalue weighted by Crippen LogP contribution is -2.01. The van der Waals surface area contributed by atoms with Crippen molar-refractivity contribution in [1.29, 1.82) is 0 Å². The summed E-state index contributed by atoms with van der Waals surface area (Å²) < 4.78 is 7.53. The average molecular weight is 467 g/mol. The second-order valence-electron chi connectivity index (χ2n) is 7.72. The topological polar surface area (TPSA) is 44.7 Å². The second kappa shape index (κ2) is 7.33. The summed E-state index contributed by atoms with van der Waals surface area (Å²) in [6.07, 6.45) is 4.22. The molecule has 6 aromatic rings. The first kappa shape index (κ1) is 18.3. The fourth-order valence-corrected chi connectivity index (χ4v) is 4.68. The number of nitrogens with one attached hydrogen (secondary N) is 2. The van der Waals surface area contributed by atoms with E-state index in [0.29, 0.717) is 0 Å². The number of furan rings is 1. The summed E-state index contributed by atoms with van der Waals surface area (Å²) in [7, 11) is 0. The number of fused-ring (bicyclic) bond motifs is 2. The highest BCUT2D eigenvalue weighted by Gasteiger charge is 2.26. The number of aromatic amines is 2. The van der Waals surface area contributed by atoms with Gasteiger partial charge < -0.3 is 14.4 Å². The molecule has 0 atom stereocenters. The highest BCUT2D eigenvalue weighted by Crippen LogP contribution is 2.41. The summed E-state index contributed by atoms with van der Waals surface area (Å²) in [6, 6.07) is 29.2. The van der Waals surface area contributed by atoms with Gasteiger partial charge in [-0.1, -0.05) is 64.5 Å². The molecule has 3 heterocycles. The predicted molar refractivity (Wildman–Crippen MR) is 129 cm³/mol. The number of H-pyrrole nitrogens is 2. The molecule has 0 amide bonds. The number of hydrogen-bond acceptors (Lipinski definition) is 1. The minimum absolute atomic E-state index is 0.0310. The van der Waals surface area contributed by atoms with E-state index in [1.807, 2.05) is 12.1 Å². The summed E-state index contributed by atoms with van der Waals surface area (Å²) in [5, 5.41) is 2.42. The highest BCUT2D eigenvalue weighted by atomic mass is 79.9. The molecule has 0 bridgehead atoms. The molecule has 0 aliphatic rings. The van der Waals surface area contributed by atoms with Crippen molar-refractivity contribution in [3.63, 3.8) is 0 Å². The van der Waals surface area contributed by atoms with E-state index in [4.69, 9.17) is 4.42 Å². The van der Waals surface area contributed by atoms with E-state index in [2.05, 4.69) is 111 Å². The SMILES string of the molecule is Brc1ccc(-c2ccc(C(c3c[nH]c4ccccc34)c3c[nH]c4ccccc34)o2)cc1. The van der Waals surface area contributed by atoms with E-state index in [1.54, 1.807) is 0 Å². The van der Waals surface area contributed by atoms with Gasteiger partial charge in [0.15, 0.2) is 0 Å². The Morgan fingerprint density at radius 3 is 1.84 bits per heavy atom. The van der Waals surface area contributed by atoms with Crippen LogP contribution in [0.15, 0.2) is 106 Å². The fourth-order valence-electron chi connectivity index (χ4n) is 4.42. The molecule has 0 saturated carbocycles. The lowest BCUT2D eigenvalue weighted by atomic mass is 9.88. The van der Waals surface area contributed by atoms with E-state index in [0.717, 1.165) is 32.6 Å². The van der Waals surface area contributed by atoms with Gasteiger partial charge in [-0.2, -0.15) is 0 Å². The van der Waals surface area contributed by atoms with Crippen LogP contribution >= 0.6 is 15.9 Å². The molecule has 0 unspecified atom stereocenters. The number of para-hydroxylation sites is 2. The van der Waals surface area contributed by atoms with E-state index in [1.165, 1.54) is 21.9 Å². The Morgan fingerprint density at radius 1 is 0.645 bits per heavy atom. The van der Waals surface area contributed by atoms with Crippen molar-refractivity contribution in [3.8, 4) is 11.3 Å². The van der Waals surface area contributed by atoms with Crippen molar-refractivity contribution < 1.29 is 4.42 Å². The largest absolute Gasteiger partial charge is 0.460 e. The van der Waals surface area contributed by atoms with Gasteiger partial charge in [0.05, 0.1) is 5.92 Å². The third-order valence-electron chi connectivity index (χ3n) is 5.90. The van der Waals surface area contributed by atoms with Crippen LogP contribution in [0.25, 0.3) is 33.1 Å². The van der Waals surface area contributed by atoms with Crippen molar-refractivity contribution >= 4 is 37.7 Å². The molecule has 150 valence electrons. The summed E-state index contributed by atoms with van der Waals surface area (Å²) in [5.74, 6) is 1.76. The lowest BCUT2D eigenvalue weighted by molar-refractivity contribution is 0.517. The number of hydrogen-bond donors (Lipinski definition) is 2. The van der Waals surface area contributed by atoms with Crippen LogP contribution in [0.1, 0.15) is 22.8 Å².